The first-order valence-corrected chi connectivity index (χ1v) is 12.2. The maximum atomic E-state index is 13.3. The Kier molecular flexibility index (Phi) is 9.59. The SMILES string of the molecule is CC(C)C(NC(=O)Cc1cccc2ccccc12)C(=O)NC(Cc1ccccc1)C(O)CCC(=O)O. The molecule has 4 N–H and O–H groups in total. The Morgan fingerprint density at radius 2 is 1.53 bits per heavy atom. The van der Waals surface area contributed by atoms with Crippen molar-refractivity contribution in [3.05, 3.63) is 83.9 Å². The molecular formula is C29H34N2O5. The Bertz CT molecular complexity index is 1170. The lowest BCUT2D eigenvalue weighted by molar-refractivity contribution is -0.137. The number of hydrogen-bond acceptors (Lipinski definition) is 4. The molecule has 0 saturated heterocycles. The number of carboxylic acids is 1. The molecule has 0 saturated carbocycles. The zero-order valence-electron chi connectivity index (χ0n) is 20.7. The van der Waals surface area contributed by atoms with Gasteiger partial charge in [0.1, 0.15) is 6.04 Å². The molecule has 0 aromatic heterocycles. The Hall–Kier alpha value is -3.71. The van der Waals surface area contributed by atoms with Crippen molar-refractivity contribution in [2.75, 3.05) is 0 Å². The summed E-state index contributed by atoms with van der Waals surface area (Å²) >= 11 is 0. The monoisotopic (exact) mass is 490 g/mol. The van der Waals surface area contributed by atoms with Gasteiger partial charge in [-0.15, -0.1) is 0 Å². The second-order valence-corrected chi connectivity index (χ2v) is 9.41. The molecule has 0 bridgehead atoms. The van der Waals surface area contributed by atoms with Gasteiger partial charge in [0, 0.05) is 6.42 Å². The third kappa shape index (κ3) is 7.65. The van der Waals surface area contributed by atoms with Gasteiger partial charge < -0.3 is 20.8 Å². The number of carbonyl (C=O) groups is 3. The first-order chi connectivity index (χ1) is 17.2. The molecule has 0 fully saturated rings. The van der Waals surface area contributed by atoms with Gasteiger partial charge in [0.15, 0.2) is 0 Å². The summed E-state index contributed by atoms with van der Waals surface area (Å²) in [4.78, 5) is 37.2. The predicted molar refractivity (Wildman–Crippen MR) is 139 cm³/mol. The number of benzene rings is 3. The van der Waals surface area contributed by atoms with Crippen LogP contribution in [0.25, 0.3) is 10.8 Å². The normalized spacial score (nSPS) is 13.7. The molecule has 0 aliphatic carbocycles. The largest absolute Gasteiger partial charge is 0.481 e. The Balaban J connectivity index is 1.71. The fourth-order valence-electron chi connectivity index (χ4n) is 4.28. The van der Waals surface area contributed by atoms with Gasteiger partial charge in [-0.1, -0.05) is 86.6 Å². The van der Waals surface area contributed by atoms with Crippen LogP contribution in [0.4, 0.5) is 0 Å². The summed E-state index contributed by atoms with van der Waals surface area (Å²) in [6, 6.07) is 21.5. The van der Waals surface area contributed by atoms with Crippen LogP contribution in [0.5, 0.6) is 0 Å². The maximum Gasteiger partial charge on any atom is 0.303 e. The minimum Gasteiger partial charge on any atom is -0.481 e. The van der Waals surface area contributed by atoms with E-state index in [4.69, 9.17) is 5.11 Å². The second-order valence-electron chi connectivity index (χ2n) is 9.41. The average molecular weight is 491 g/mol. The van der Waals surface area contributed by atoms with Crippen molar-refractivity contribution in [3.8, 4) is 0 Å². The van der Waals surface area contributed by atoms with Gasteiger partial charge in [-0.05, 0) is 40.7 Å². The van der Waals surface area contributed by atoms with Crippen LogP contribution in [0.3, 0.4) is 0 Å². The number of rotatable bonds is 12. The van der Waals surface area contributed by atoms with Crippen molar-refractivity contribution in [3.63, 3.8) is 0 Å². The molecule has 0 aliphatic rings. The summed E-state index contributed by atoms with van der Waals surface area (Å²) < 4.78 is 0. The van der Waals surface area contributed by atoms with Crippen molar-refractivity contribution in [1.82, 2.24) is 10.6 Å². The quantitative estimate of drug-likeness (QED) is 0.310. The highest BCUT2D eigenvalue weighted by molar-refractivity contribution is 5.92. The van der Waals surface area contributed by atoms with E-state index in [1.807, 2.05) is 86.6 Å². The van der Waals surface area contributed by atoms with E-state index in [0.717, 1.165) is 21.9 Å². The maximum absolute atomic E-state index is 13.3. The minimum atomic E-state index is -1.05. The third-order valence-corrected chi connectivity index (χ3v) is 6.24. The van der Waals surface area contributed by atoms with Crippen molar-refractivity contribution in [1.29, 1.82) is 0 Å². The highest BCUT2D eigenvalue weighted by Crippen LogP contribution is 2.19. The molecule has 7 nitrogen and oxygen atoms in total. The highest BCUT2D eigenvalue weighted by Gasteiger charge is 2.29. The molecular weight excluding hydrogens is 456 g/mol. The fourth-order valence-corrected chi connectivity index (χ4v) is 4.28. The molecule has 0 spiro atoms. The number of aliphatic carboxylic acids is 1. The van der Waals surface area contributed by atoms with E-state index >= 15 is 0 Å². The van der Waals surface area contributed by atoms with Crippen LogP contribution in [0.2, 0.25) is 0 Å². The van der Waals surface area contributed by atoms with Gasteiger partial charge >= 0.3 is 5.97 Å². The number of aliphatic hydroxyl groups excluding tert-OH is 1. The molecule has 3 rings (SSSR count). The van der Waals surface area contributed by atoms with Crippen LogP contribution in [-0.2, 0) is 27.2 Å². The fraction of sp³-hybridized carbons (Fsp3) is 0.345. The van der Waals surface area contributed by atoms with Gasteiger partial charge in [0.25, 0.3) is 0 Å². The average Bonchev–Trinajstić information content (AvgIpc) is 2.86. The predicted octanol–water partition coefficient (Wildman–Crippen LogP) is 3.48. The number of aliphatic hydroxyl groups is 1. The molecule has 3 atom stereocenters. The van der Waals surface area contributed by atoms with Crippen LogP contribution in [0, 0.1) is 5.92 Å². The van der Waals surface area contributed by atoms with Crippen LogP contribution >= 0.6 is 0 Å². The van der Waals surface area contributed by atoms with Crippen LogP contribution in [0.1, 0.15) is 37.8 Å². The molecule has 0 aliphatic heterocycles. The van der Waals surface area contributed by atoms with Gasteiger partial charge in [-0.25, -0.2) is 0 Å². The number of amides is 2. The Morgan fingerprint density at radius 3 is 2.22 bits per heavy atom. The zero-order valence-corrected chi connectivity index (χ0v) is 20.7. The number of carbonyl (C=O) groups excluding carboxylic acids is 2. The molecule has 3 aromatic rings. The summed E-state index contributed by atoms with van der Waals surface area (Å²) in [6.45, 7) is 3.69. The Morgan fingerprint density at radius 1 is 0.861 bits per heavy atom. The Labute approximate surface area is 211 Å². The van der Waals surface area contributed by atoms with Crippen molar-refractivity contribution in [2.24, 2.45) is 5.92 Å². The lowest BCUT2D eigenvalue weighted by Crippen LogP contribution is -2.55. The molecule has 36 heavy (non-hydrogen) atoms. The zero-order chi connectivity index (χ0) is 26.1. The second kappa shape index (κ2) is 12.8. The van der Waals surface area contributed by atoms with Gasteiger partial charge in [0.2, 0.25) is 11.8 Å². The van der Waals surface area contributed by atoms with Crippen molar-refractivity contribution >= 4 is 28.6 Å². The lowest BCUT2D eigenvalue weighted by atomic mass is 9.96. The molecule has 7 heteroatoms. The smallest absolute Gasteiger partial charge is 0.303 e. The molecule has 2 amide bonds. The van der Waals surface area contributed by atoms with Crippen LogP contribution in [0.15, 0.2) is 72.8 Å². The molecule has 3 aromatic carbocycles. The summed E-state index contributed by atoms with van der Waals surface area (Å²) in [6.07, 6.45) is -0.788. The first-order valence-electron chi connectivity index (χ1n) is 12.2. The number of nitrogens with one attached hydrogen (secondary N) is 2. The van der Waals surface area contributed by atoms with Crippen LogP contribution < -0.4 is 10.6 Å². The van der Waals surface area contributed by atoms with E-state index < -0.39 is 30.1 Å². The standard InChI is InChI=1S/C29H34N2O5/c1-19(2)28(31-26(33)18-22-13-8-12-21-11-6-7-14-23(21)22)29(36)30-24(25(32)15-16-27(34)35)17-20-9-4-3-5-10-20/h3-14,19,24-25,28,32H,15-18H2,1-2H3,(H,30,36)(H,31,33)(H,34,35). The van der Waals surface area contributed by atoms with E-state index in [0.29, 0.717) is 6.42 Å². The van der Waals surface area contributed by atoms with E-state index in [1.54, 1.807) is 0 Å². The molecule has 0 heterocycles. The van der Waals surface area contributed by atoms with Gasteiger partial charge in [-0.2, -0.15) is 0 Å². The summed E-state index contributed by atoms with van der Waals surface area (Å²) in [7, 11) is 0. The van der Waals surface area contributed by atoms with Gasteiger partial charge in [0.05, 0.1) is 18.6 Å². The lowest BCUT2D eigenvalue weighted by Gasteiger charge is -2.28. The third-order valence-electron chi connectivity index (χ3n) is 6.24. The summed E-state index contributed by atoms with van der Waals surface area (Å²) in [5.41, 5.74) is 1.78. The molecule has 0 radical (unpaired) electrons. The van der Waals surface area contributed by atoms with E-state index in [-0.39, 0.29) is 31.1 Å². The number of fused-ring (bicyclic) bond motifs is 1. The minimum absolute atomic E-state index is 0.00684. The molecule has 190 valence electrons. The highest BCUT2D eigenvalue weighted by atomic mass is 16.4. The number of hydrogen-bond donors (Lipinski definition) is 4. The van der Waals surface area contributed by atoms with E-state index in [1.165, 1.54) is 0 Å². The van der Waals surface area contributed by atoms with Crippen molar-refractivity contribution < 1.29 is 24.6 Å². The van der Waals surface area contributed by atoms with Crippen LogP contribution in [-0.4, -0.2) is 46.2 Å². The first kappa shape index (κ1) is 26.9. The molecule has 3 unspecified atom stereocenters. The number of carboxylic acid groups (broad SMARTS) is 1. The van der Waals surface area contributed by atoms with Gasteiger partial charge in [-0.3, -0.25) is 14.4 Å². The van der Waals surface area contributed by atoms with Crippen molar-refractivity contribution in [2.45, 2.75) is 57.7 Å². The van der Waals surface area contributed by atoms with E-state index in [2.05, 4.69) is 10.6 Å². The van der Waals surface area contributed by atoms with E-state index in [9.17, 15) is 19.5 Å². The topological polar surface area (TPSA) is 116 Å². The summed E-state index contributed by atoms with van der Waals surface area (Å²) in [5, 5.41) is 27.5. The summed E-state index contributed by atoms with van der Waals surface area (Å²) in [5.74, 6) is -1.90.